The van der Waals surface area contributed by atoms with Crippen molar-refractivity contribution in [2.45, 2.75) is 13.0 Å². The quantitative estimate of drug-likeness (QED) is 0.430. The molecule has 0 aliphatic rings. The average Bonchev–Trinajstić information content (AvgIpc) is 2.50. The first-order chi connectivity index (χ1) is 10.7. The van der Waals surface area contributed by atoms with Gasteiger partial charge in [-0.25, -0.2) is 0 Å². The number of methoxy groups -OCH3 is 1. The molecule has 1 rings (SSSR count). The van der Waals surface area contributed by atoms with Crippen LogP contribution in [0.5, 0.6) is 0 Å². The molecule has 0 aliphatic heterocycles. The second kappa shape index (κ2) is 11.3. The molecule has 0 aliphatic carbocycles. The van der Waals surface area contributed by atoms with E-state index in [1.165, 1.54) is 0 Å². The van der Waals surface area contributed by atoms with Gasteiger partial charge in [-0.15, -0.1) is 0 Å². The van der Waals surface area contributed by atoms with Gasteiger partial charge in [0.15, 0.2) is 5.96 Å². The van der Waals surface area contributed by atoms with Crippen molar-refractivity contribution in [3.63, 3.8) is 0 Å². The third kappa shape index (κ3) is 7.64. The first kappa shape index (κ1) is 18.7. The Morgan fingerprint density at radius 1 is 1.32 bits per heavy atom. The van der Waals surface area contributed by atoms with E-state index in [4.69, 9.17) is 21.1 Å². The molecule has 0 bridgehead atoms. The van der Waals surface area contributed by atoms with E-state index in [1.54, 1.807) is 14.2 Å². The fourth-order valence-corrected chi connectivity index (χ4v) is 2.20. The number of guanidine groups is 1. The molecule has 1 aromatic rings. The maximum absolute atomic E-state index is 6.01. The molecule has 5 nitrogen and oxygen atoms in total. The van der Waals surface area contributed by atoms with Crippen molar-refractivity contribution in [2.24, 2.45) is 4.99 Å². The molecule has 0 radical (unpaired) electrons. The number of nitrogens with one attached hydrogen (secondary N) is 1. The van der Waals surface area contributed by atoms with Crippen LogP contribution in [-0.4, -0.2) is 58.4 Å². The Morgan fingerprint density at radius 2 is 2.14 bits per heavy atom. The van der Waals surface area contributed by atoms with Gasteiger partial charge in [-0.1, -0.05) is 23.7 Å². The molecule has 0 amide bonds. The van der Waals surface area contributed by atoms with Gasteiger partial charge in [0.1, 0.15) is 0 Å². The summed E-state index contributed by atoms with van der Waals surface area (Å²) in [6, 6.07) is 7.86. The van der Waals surface area contributed by atoms with Crippen LogP contribution in [0.3, 0.4) is 0 Å². The highest BCUT2D eigenvalue weighted by atomic mass is 35.5. The summed E-state index contributed by atoms with van der Waals surface area (Å²) in [7, 11) is 5.46. The molecule has 0 atom stereocenters. The molecular formula is C16H26ClN3O2. The maximum Gasteiger partial charge on any atom is 0.193 e. The first-order valence-electron chi connectivity index (χ1n) is 7.40. The Bertz CT molecular complexity index is 455. The standard InChI is InChI=1S/C16H26ClN3O2/c1-18-16(19-8-5-9-22-11-10-21-3)20(2)13-14-6-4-7-15(17)12-14/h4,6-7,12H,5,8-11,13H2,1-3H3,(H,18,19). The molecule has 6 heteroatoms. The van der Waals surface area contributed by atoms with Gasteiger partial charge in [-0.2, -0.15) is 0 Å². The van der Waals surface area contributed by atoms with Gasteiger partial charge in [0, 0.05) is 45.9 Å². The normalized spacial score (nSPS) is 11.5. The number of halogens is 1. The minimum atomic E-state index is 0.636. The summed E-state index contributed by atoms with van der Waals surface area (Å²) in [5.41, 5.74) is 1.15. The molecule has 124 valence electrons. The molecule has 22 heavy (non-hydrogen) atoms. The van der Waals surface area contributed by atoms with Crippen molar-refractivity contribution in [3.05, 3.63) is 34.9 Å². The van der Waals surface area contributed by atoms with E-state index < -0.39 is 0 Å². The minimum Gasteiger partial charge on any atom is -0.382 e. The average molecular weight is 328 g/mol. The number of aliphatic imine (C=N–C) groups is 1. The van der Waals surface area contributed by atoms with Crippen LogP contribution in [0.25, 0.3) is 0 Å². The van der Waals surface area contributed by atoms with Gasteiger partial charge < -0.3 is 19.7 Å². The summed E-state index contributed by atoms with van der Waals surface area (Å²) < 4.78 is 10.4. The molecule has 0 aromatic heterocycles. The number of ether oxygens (including phenoxy) is 2. The summed E-state index contributed by atoms with van der Waals surface area (Å²) in [6.45, 7) is 3.56. The van der Waals surface area contributed by atoms with E-state index in [0.717, 1.165) is 36.1 Å². The molecular weight excluding hydrogens is 302 g/mol. The topological polar surface area (TPSA) is 46.1 Å². The van der Waals surface area contributed by atoms with Crippen LogP contribution in [0.2, 0.25) is 5.02 Å². The number of hydrogen-bond donors (Lipinski definition) is 1. The zero-order valence-electron chi connectivity index (χ0n) is 13.6. The third-order valence-corrected chi connectivity index (χ3v) is 3.30. The van der Waals surface area contributed by atoms with Crippen LogP contribution in [0.1, 0.15) is 12.0 Å². The number of hydrogen-bond acceptors (Lipinski definition) is 3. The zero-order valence-corrected chi connectivity index (χ0v) is 14.4. The lowest BCUT2D eigenvalue weighted by Gasteiger charge is -2.22. The lowest BCUT2D eigenvalue weighted by atomic mass is 10.2. The summed E-state index contributed by atoms with van der Waals surface area (Å²) >= 11 is 6.01. The highest BCUT2D eigenvalue weighted by Gasteiger charge is 2.06. The summed E-state index contributed by atoms with van der Waals surface area (Å²) in [4.78, 5) is 6.36. The van der Waals surface area contributed by atoms with Gasteiger partial charge in [-0.05, 0) is 24.1 Å². The van der Waals surface area contributed by atoms with Gasteiger partial charge in [0.05, 0.1) is 13.2 Å². The fraction of sp³-hybridized carbons (Fsp3) is 0.562. The van der Waals surface area contributed by atoms with Gasteiger partial charge in [0.25, 0.3) is 0 Å². The smallest absolute Gasteiger partial charge is 0.193 e. The Labute approximate surface area is 138 Å². The second-order valence-corrected chi connectivity index (χ2v) is 5.36. The Morgan fingerprint density at radius 3 is 2.82 bits per heavy atom. The van der Waals surface area contributed by atoms with Crippen molar-refractivity contribution in [1.29, 1.82) is 0 Å². The monoisotopic (exact) mass is 327 g/mol. The Kier molecular flexibility index (Phi) is 9.62. The van der Waals surface area contributed by atoms with Crippen molar-refractivity contribution in [1.82, 2.24) is 10.2 Å². The molecule has 0 heterocycles. The second-order valence-electron chi connectivity index (χ2n) is 4.92. The zero-order chi connectivity index (χ0) is 16.2. The molecule has 0 unspecified atom stereocenters. The molecule has 0 saturated carbocycles. The van der Waals surface area contributed by atoms with Crippen LogP contribution >= 0.6 is 11.6 Å². The highest BCUT2D eigenvalue weighted by molar-refractivity contribution is 6.30. The number of nitrogens with zero attached hydrogens (tertiary/aromatic N) is 2. The van der Waals surface area contributed by atoms with E-state index in [0.29, 0.717) is 19.8 Å². The number of rotatable bonds is 9. The maximum atomic E-state index is 6.01. The van der Waals surface area contributed by atoms with Gasteiger partial charge in [-0.3, -0.25) is 4.99 Å². The summed E-state index contributed by atoms with van der Waals surface area (Å²) in [6.07, 6.45) is 0.924. The van der Waals surface area contributed by atoms with Crippen LogP contribution in [-0.2, 0) is 16.0 Å². The number of benzene rings is 1. The van der Waals surface area contributed by atoms with Crippen LogP contribution in [0, 0.1) is 0 Å². The van der Waals surface area contributed by atoms with Crippen molar-refractivity contribution in [3.8, 4) is 0 Å². The lowest BCUT2D eigenvalue weighted by Crippen LogP contribution is -2.39. The third-order valence-electron chi connectivity index (χ3n) is 3.06. The van der Waals surface area contributed by atoms with Crippen LogP contribution in [0.15, 0.2) is 29.3 Å². The summed E-state index contributed by atoms with van der Waals surface area (Å²) in [5, 5.41) is 4.08. The SMILES string of the molecule is CN=C(NCCCOCCOC)N(C)Cc1cccc(Cl)c1. The van der Waals surface area contributed by atoms with Crippen LogP contribution in [0.4, 0.5) is 0 Å². The fourth-order valence-electron chi connectivity index (χ4n) is 1.99. The molecule has 1 aromatic carbocycles. The molecule has 0 saturated heterocycles. The largest absolute Gasteiger partial charge is 0.382 e. The van der Waals surface area contributed by atoms with E-state index in [1.807, 2.05) is 25.2 Å². The molecule has 0 fully saturated rings. The summed E-state index contributed by atoms with van der Waals surface area (Å²) in [5.74, 6) is 0.858. The van der Waals surface area contributed by atoms with E-state index in [2.05, 4.69) is 21.3 Å². The van der Waals surface area contributed by atoms with Gasteiger partial charge in [0.2, 0.25) is 0 Å². The predicted octanol–water partition coefficient (Wildman–Crippen LogP) is 2.40. The van der Waals surface area contributed by atoms with E-state index >= 15 is 0 Å². The Balaban J connectivity index is 2.28. The van der Waals surface area contributed by atoms with Crippen molar-refractivity contribution >= 4 is 17.6 Å². The molecule has 0 spiro atoms. The van der Waals surface area contributed by atoms with Crippen molar-refractivity contribution < 1.29 is 9.47 Å². The van der Waals surface area contributed by atoms with E-state index in [9.17, 15) is 0 Å². The highest BCUT2D eigenvalue weighted by Crippen LogP contribution is 2.12. The van der Waals surface area contributed by atoms with Crippen LogP contribution < -0.4 is 5.32 Å². The van der Waals surface area contributed by atoms with E-state index in [-0.39, 0.29) is 0 Å². The molecule has 1 N–H and O–H groups in total. The lowest BCUT2D eigenvalue weighted by molar-refractivity contribution is 0.0698. The Hall–Kier alpha value is -1.30. The first-order valence-corrected chi connectivity index (χ1v) is 7.78. The van der Waals surface area contributed by atoms with Gasteiger partial charge >= 0.3 is 0 Å². The minimum absolute atomic E-state index is 0.636. The predicted molar refractivity (Wildman–Crippen MR) is 91.6 cm³/mol. The van der Waals surface area contributed by atoms with Crippen molar-refractivity contribution in [2.75, 3.05) is 47.6 Å².